The lowest BCUT2D eigenvalue weighted by molar-refractivity contribution is -0.144. The number of halogens is 1. The zero-order valence-corrected chi connectivity index (χ0v) is 11.9. The zero-order valence-electron chi connectivity index (χ0n) is 11.2. The molecule has 0 spiro atoms. The summed E-state index contributed by atoms with van der Waals surface area (Å²) in [7, 11) is 1.55. The molecule has 20 heavy (non-hydrogen) atoms. The van der Waals surface area contributed by atoms with Crippen molar-refractivity contribution in [3.05, 3.63) is 34.9 Å². The summed E-state index contributed by atoms with van der Waals surface area (Å²) in [4.78, 5) is 25.2. The maximum atomic E-state index is 12.2. The van der Waals surface area contributed by atoms with Crippen molar-refractivity contribution in [3.8, 4) is 0 Å². The number of amides is 1. The van der Waals surface area contributed by atoms with Crippen LogP contribution in [0.2, 0.25) is 5.02 Å². The van der Waals surface area contributed by atoms with Crippen LogP contribution in [-0.2, 0) is 9.59 Å². The summed E-state index contributed by atoms with van der Waals surface area (Å²) in [6.45, 7) is 0.595. The molecular formula is C14H17ClN2O3. The second-order valence-electron chi connectivity index (χ2n) is 4.80. The third-order valence-electron chi connectivity index (χ3n) is 3.59. The van der Waals surface area contributed by atoms with Crippen molar-refractivity contribution in [2.75, 3.05) is 13.6 Å². The first-order valence-electron chi connectivity index (χ1n) is 6.50. The second-order valence-corrected chi connectivity index (χ2v) is 5.24. The minimum absolute atomic E-state index is 0.208. The summed E-state index contributed by atoms with van der Waals surface area (Å²) in [5, 5.41) is 12.5. The number of carbonyl (C=O) groups excluding carboxylic acids is 1. The summed E-state index contributed by atoms with van der Waals surface area (Å²) < 4.78 is 0. The van der Waals surface area contributed by atoms with Crippen LogP contribution in [0.5, 0.6) is 0 Å². The number of carbonyl (C=O) groups is 2. The fraction of sp³-hybridized carbons (Fsp3) is 0.429. The number of hydrogen-bond donors (Lipinski definition) is 2. The molecule has 1 aromatic rings. The van der Waals surface area contributed by atoms with E-state index in [9.17, 15) is 14.7 Å². The van der Waals surface area contributed by atoms with Gasteiger partial charge in [-0.3, -0.25) is 14.5 Å². The fourth-order valence-corrected chi connectivity index (χ4v) is 2.76. The number of hydrogen-bond acceptors (Lipinski definition) is 3. The van der Waals surface area contributed by atoms with Gasteiger partial charge in [-0.05, 0) is 30.5 Å². The van der Waals surface area contributed by atoms with Crippen molar-refractivity contribution in [1.82, 2.24) is 10.2 Å². The van der Waals surface area contributed by atoms with E-state index in [0.29, 0.717) is 18.0 Å². The van der Waals surface area contributed by atoms with Crippen LogP contribution in [-0.4, -0.2) is 41.5 Å². The van der Waals surface area contributed by atoms with E-state index in [1.54, 1.807) is 36.2 Å². The molecule has 0 aliphatic carbocycles. The van der Waals surface area contributed by atoms with Gasteiger partial charge in [0.2, 0.25) is 5.91 Å². The van der Waals surface area contributed by atoms with Gasteiger partial charge in [0.05, 0.1) is 0 Å². The summed E-state index contributed by atoms with van der Waals surface area (Å²) in [6.07, 6.45) is 1.34. The van der Waals surface area contributed by atoms with Crippen LogP contribution in [0.1, 0.15) is 24.4 Å². The van der Waals surface area contributed by atoms with E-state index >= 15 is 0 Å². The van der Waals surface area contributed by atoms with Gasteiger partial charge < -0.3 is 10.4 Å². The van der Waals surface area contributed by atoms with Gasteiger partial charge >= 0.3 is 5.97 Å². The van der Waals surface area contributed by atoms with E-state index in [2.05, 4.69) is 5.32 Å². The van der Waals surface area contributed by atoms with Gasteiger partial charge in [-0.2, -0.15) is 0 Å². The van der Waals surface area contributed by atoms with Gasteiger partial charge in [-0.25, -0.2) is 0 Å². The van der Waals surface area contributed by atoms with E-state index in [1.807, 2.05) is 0 Å². The van der Waals surface area contributed by atoms with Crippen LogP contribution in [0.25, 0.3) is 0 Å². The molecule has 0 unspecified atom stereocenters. The van der Waals surface area contributed by atoms with E-state index in [0.717, 1.165) is 12.0 Å². The molecule has 0 bridgehead atoms. The second kappa shape index (κ2) is 6.24. The lowest BCUT2D eigenvalue weighted by Gasteiger charge is -2.30. The standard InChI is InChI=1S/C14H17ClN2O3/c1-16-13(18)12(9-4-6-10(15)7-5-9)17-8-2-3-11(17)14(19)20/h4-7,11-12H,2-3,8H2,1H3,(H,16,18)(H,19,20)/t11-,12+/m0/s1. The predicted molar refractivity (Wildman–Crippen MR) is 75.6 cm³/mol. The molecule has 0 radical (unpaired) electrons. The number of carboxylic acid groups (broad SMARTS) is 1. The van der Waals surface area contributed by atoms with Gasteiger partial charge in [0, 0.05) is 18.6 Å². The largest absolute Gasteiger partial charge is 0.480 e. The van der Waals surface area contributed by atoms with Gasteiger partial charge in [-0.1, -0.05) is 23.7 Å². The molecule has 1 saturated heterocycles. The highest BCUT2D eigenvalue weighted by molar-refractivity contribution is 6.30. The Labute approximate surface area is 122 Å². The van der Waals surface area contributed by atoms with Crippen molar-refractivity contribution < 1.29 is 14.7 Å². The SMILES string of the molecule is CNC(=O)[C@@H](c1ccc(Cl)cc1)N1CCC[C@H]1C(=O)O. The smallest absolute Gasteiger partial charge is 0.320 e. The van der Waals surface area contributed by atoms with Crippen molar-refractivity contribution in [2.45, 2.75) is 24.9 Å². The molecule has 1 aromatic carbocycles. The molecular weight excluding hydrogens is 280 g/mol. The lowest BCUT2D eigenvalue weighted by atomic mass is 10.0. The highest BCUT2D eigenvalue weighted by atomic mass is 35.5. The van der Waals surface area contributed by atoms with Gasteiger partial charge in [0.25, 0.3) is 0 Å². The third kappa shape index (κ3) is 2.94. The Morgan fingerprint density at radius 2 is 2.05 bits per heavy atom. The third-order valence-corrected chi connectivity index (χ3v) is 3.84. The van der Waals surface area contributed by atoms with Crippen LogP contribution < -0.4 is 5.32 Å². The molecule has 2 atom stereocenters. The average Bonchev–Trinajstić information content (AvgIpc) is 2.90. The maximum absolute atomic E-state index is 12.2. The summed E-state index contributed by atoms with van der Waals surface area (Å²) in [6, 6.07) is 5.73. The first kappa shape index (κ1) is 14.8. The van der Waals surface area contributed by atoms with Gasteiger partial charge in [0.1, 0.15) is 12.1 Å². The Bertz CT molecular complexity index is 504. The molecule has 1 heterocycles. The summed E-state index contributed by atoms with van der Waals surface area (Å²) in [5.74, 6) is -1.09. The minimum Gasteiger partial charge on any atom is -0.480 e. The average molecular weight is 297 g/mol. The topological polar surface area (TPSA) is 69.6 Å². The summed E-state index contributed by atoms with van der Waals surface area (Å²) >= 11 is 5.86. The molecule has 2 rings (SSSR count). The van der Waals surface area contributed by atoms with Crippen LogP contribution in [0, 0.1) is 0 Å². The zero-order chi connectivity index (χ0) is 14.7. The van der Waals surface area contributed by atoms with Crippen molar-refractivity contribution in [2.24, 2.45) is 0 Å². The molecule has 1 fully saturated rings. The highest BCUT2D eigenvalue weighted by Gasteiger charge is 2.39. The minimum atomic E-state index is -0.884. The van der Waals surface area contributed by atoms with Crippen LogP contribution in [0.4, 0.5) is 0 Å². The Morgan fingerprint density at radius 1 is 1.40 bits per heavy atom. The van der Waals surface area contributed by atoms with E-state index < -0.39 is 18.1 Å². The molecule has 1 amide bonds. The van der Waals surface area contributed by atoms with Gasteiger partial charge in [0.15, 0.2) is 0 Å². The normalized spacial score (nSPS) is 20.6. The molecule has 2 N–H and O–H groups in total. The Hall–Kier alpha value is -1.59. The van der Waals surface area contributed by atoms with E-state index in [4.69, 9.17) is 11.6 Å². The lowest BCUT2D eigenvalue weighted by Crippen LogP contribution is -2.44. The number of rotatable bonds is 4. The number of likely N-dealkylation sites (tertiary alicyclic amines) is 1. The number of aliphatic carboxylic acids is 1. The Morgan fingerprint density at radius 3 is 2.60 bits per heavy atom. The summed E-state index contributed by atoms with van der Waals surface area (Å²) in [5.41, 5.74) is 0.752. The molecule has 0 saturated carbocycles. The van der Waals surface area contributed by atoms with Crippen LogP contribution in [0.15, 0.2) is 24.3 Å². The number of benzene rings is 1. The number of nitrogens with one attached hydrogen (secondary N) is 1. The highest BCUT2D eigenvalue weighted by Crippen LogP contribution is 2.30. The number of likely N-dealkylation sites (N-methyl/N-ethyl adjacent to an activating group) is 1. The van der Waals surface area contributed by atoms with Crippen LogP contribution >= 0.6 is 11.6 Å². The molecule has 5 nitrogen and oxygen atoms in total. The van der Waals surface area contributed by atoms with Crippen molar-refractivity contribution in [1.29, 1.82) is 0 Å². The molecule has 1 aliphatic heterocycles. The molecule has 0 aromatic heterocycles. The Kier molecular flexibility index (Phi) is 4.62. The molecule has 6 heteroatoms. The quantitative estimate of drug-likeness (QED) is 0.887. The molecule has 108 valence electrons. The van der Waals surface area contributed by atoms with Crippen molar-refractivity contribution >= 4 is 23.5 Å². The van der Waals surface area contributed by atoms with E-state index in [-0.39, 0.29) is 5.91 Å². The van der Waals surface area contributed by atoms with Crippen LogP contribution in [0.3, 0.4) is 0 Å². The molecule has 1 aliphatic rings. The fourth-order valence-electron chi connectivity index (χ4n) is 2.64. The number of carboxylic acids is 1. The predicted octanol–water partition coefficient (Wildman–Crippen LogP) is 1.68. The number of nitrogens with zero attached hydrogens (tertiary/aromatic N) is 1. The first-order valence-corrected chi connectivity index (χ1v) is 6.88. The maximum Gasteiger partial charge on any atom is 0.320 e. The van der Waals surface area contributed by atoms with Gasteiger partial charge in [-0.15, -0.1) is 0 Å². The monoisotopic (exact) mass is 296 g/mol. The van der Waals surface area contributed by atoms with Crippen molar-refractivity contribution in [3.63, 3.8) is 0 Å². The first-order chi connectivity index (χ1) is 9.54. The Balaban J connectivity index is 2.35. The van der Waals surface area contributed by atoms with E-state index in [1.165, 1.54) is 0 Å².